The minimum atomic E-state index is -4.47. The van der Waals surface area contributed by atoms with Gasteiger partial charge in [0.05, 0.1) is 6.10 Å². The SMILES string of the molecule is CCc1ccc(CCCCCCCCC(=O)N2CCC(OP(=O)(O)O)C2)cc1.N. The minimum absolute atomic E-state index is 0. The quantitative estimate of drug-likeness (QED) is 0.335. The third kappa shape index (κ3) is 10.4. The van der Waals surface area contributed by atoms with Crippen molar-refractivity contribution in [1.82, 2.24) is 11.1 Å². The number of hydrogen-bond donors (Lipinski definition) is 3. The van der Waals surface area contributed by atoms with Crippen LogP contribution in [0.3, 0.4) is 0 Å². The molecular formula is C21H37N2O5P. The molecule has 5 N–H and O–H groups in total. The van der Waals surface area contributed by atoms with Crippen LogP contribution in [0.4, 0.5) is 0 Å². The van der Waals surface area contributed by atoms with Gasteiger partial charge in [0.2, 0.25) is 5.91 Å². The summed E-state index contributed by atoms with van der Waals surface area (Å²) in [6, 6.07) is 8.90. The van der Waals surface area contributed by atoms with E-state index in [9.17, 15) is 9.36 Å². The zero-order chi connectivity index (χ0) is 20.4. The average Bonchev–Trinajstić information content (AvgIpc) is 3.11. The van der Waals surface area contributed by atoms with Crippen molar-refractivity contribution in [2.75, 3.05) is 13.1 Å². The van der Waals surface area contributed by atoms with Gasteiger partial charge in [0.1, 0.15) is 0 Å². The third-order valence-electron chi connectivity index (χ3n) is 5.32. The van der Waals surface area contributed by atoms with Crippen LogP contribution in [-0.2, 0) is 26.7 Å². The highest BCUT2D eigenvalue weighted by molar-refractivity contribution is 7.46. The molecule has 0 saturated carbocycles. The van der Waals surface area contributed by atoms with E-state index in [1.807, 2.05) is 0 Å². The Kier molecular flexibility index (Phi) is 11.7. The van der Waals surface area contributed by atoms with E-state index in [-0.39, 0.29) is 18.6 Å². The first kappa shape index (κ1) is 25.8. The molecule has 1 amide bonds. The number of benzene rings is 1. The van der Waals surface area contributed by atoms with E-state index in [0.717, 1.165) is 32.1 Å². The molecule has 1 aromatic carbocycles. The molecule has 0 aromatic heterocycles. The third-order valence-corrected chi connectivity index (χ3v) is 5.89. The number of phosphoric ester groups is 1. The Balaban J connectivity index is 0.00000420. The minimum Gasteiger partial charge on any atom is -0.344 e. The molecular weight excluding hydrogens is 391 g/mol. The van der Waals surface area contributed by atoms with Crippen LogP contribution in [0.15, 0.2) is 24.3 Å². The molecule has 1 heterocycles. The fourth-order valence-corrected chi connectivity index (χ4v) is 4.21. The van der Waals surface area contributed by atoms with E-state index < -0.39 is 13.9 Å². The second-order valence-electron chi connectivity index (χ2n) is 7.64. The van der Waals surface area contributed by atoms with Crippen LogP contribution in [0.5, 0.6) is 0 Å². The molecule has 1 unspecified atom stereocenters. The Morgan fingerprint density at radius 2 is 1.66 bits per heavy atom. The first-order valence-corrected chi connectivity index (χ1v) is 12.0. The van der Waals surface area contributed by atoms with Gasteiger partial charge in [0.15, 0.2) is 0 Å². The molecule has 2 rings (SSSR count). The van der Waals surface area contributed by atoms with Crippen molar-refractivity contribution in [3.05, 3.63) is 35.4 Å². The van der Waals surface area contributed by atoms with Gasteiger partial charge in [-0.15, -0.1) is 0 Å². The summed E-state index contributed by atoms with van der Waals surface area (Å²) in [7, 11) is -4.47. The lowest BCUT2D eigenvalue weighted by molar-refractivity contribution is -0.130. The van der Waals surface area contributed by atoms with Crippen LogP contribution in [0.25, 0.3) is 0 Å². The number of nitrogens with zero attached hydrogens (tertiary/aromatic N) is 1. The van der Waals surface area contributed by atoms with Crippen molar-refractivity contribution < 1.29 is 23.7 Å². The van der Waals surface area contributed by atoms with Crippen LogP contribution in [0, 0.1) is 0 Å². The zero-order valence-electron chi connectivity index (χ0n) is 17.6. The van der Waals surface area contributed by atoms with Gasteiger partial charge in [-0.2, -0.15) is 0 Å². The molecule has 29 heavy (non-hydrogen) atoms. The van der Waals surface area contributed by atoms with E-state index in [0.29, 0.717) is 19.4 Å². The smallest absolute Gasteiger partial charge is 0.344 e. The van der Waals surface area contributed by atoms with E-state index in [1.165, 1.54) is 30.4 Å². The van der Waals surface area contributed by atoms with Crippen LogP contribution >= 0.6 is 7.82 Å². The monoisotopic (exact) mass is 428 g/mol. The van der Waals surface area contributed by atoms with Crippen LogP contribution in [-0.4, -0.2) is 39.8 Å². The van der Waals surface area contributed by atoms with Crippen LogP contribution in [0.1, 0.15) is 69.4 Å². The molecule has 166 valence electrons. The number of carbonyl (C=O) groups is 1. The summed E-state index contributed by atoms with van der Waals surface area (Å²) in [5.41, 5.74) is 2.80. The van der Waals surface area contributed by atoms with Gasteiger partial charge in [-0.25, -0.2) is 4.57 Å². The molecule has 1 aromatic rings. The molecule has 1 aliphatic rings. The standard InChI is InChI=1S/C21H34NO5P.H3N/c1-2-18-11-13-19(14-12-18)9-7-5-3-4-6-8-10-21(23)22-16-15-20(17-22)27-28(24,25)26;/h11-14,20H,2-10,15-17H2,1H3,(H2,24,25,26);1H3. The van der Waals surface area contributed by atoms with E-state index in [2.05, 4.69) is 35.7 Å². The predicted octanol–water partition coefficient (Wildman–Crippen LogP) is 4.39. The van der Waals surface area contributed by atoms with E-state index in [1.54, 1.807) is 4.90 Å². The number of rotatable bonds is 12. The van der Waals surface area contributed by atoms with E-state index >= 15 is 0 Å². The lowest BCUT2D eigenvalue weighted by Crippen LogP contribution is -2.29. The molecule has 0 bridgehead atoms. The van der Waals surface area contributed by atoms with Gasteiger partial charge < -0.3 is 20.8 Å². The van der Waals surface area contributed by atoms with E-state index in [4.69, 9.17) is 9.79 Å². The van der Waals surface area contributed by atoms with Gasteiger partial charge in [-0.05, 0) is 43.2 Å². The summed E-state index contributed by atoms with van der Waals surface area (Å²) in [6.45, 7) is 2.97. The molecule has 7 nitrogen and oxygen atoms in total. The number of unbranched alkanes of at least 4 members (excludes halogenated alkanes) is 5. The Morgan fingerprint density at radius 3 is 2.28 bits per heavy atom. The Hall–Kier alpha value is -1.24. The lowest BCUT2D eigenvalue weighted by atomic mass is 10.0. The number of aryl methyl sites for hydroxylation is 2. The van der Waals surface area contributed by atoms with Crippen molar-refractivity contribution >= 4 is 13.7 Å². The summed E-state index contributed by atoms with van der Waals surface area (Å²) in [6.07, 6.45) is 9.35. The highest BCUT2D eigenvalue weighted by Crippen LogP contribution is 2.39. The normalized spacial score (nSPS) is 16.7. The van der Waals surface area contributed by atoms with Crippen LogP contribution in [0.2, 0.25) is 0 Å². The van der Waals surface area contributed by atoms with Gasteiger partial charge in [-0.3, -0.25) is 9.32 Å². The Morgan fingerprint density at radius 1 is 1.07 bits per heavy atom. The fourth-order valence-electron chi connectivity index (χ4n) is 3.65. The number of phosphoric acid groups is 1. The van der Waals surface area contributed by atoms with Crippen molar-refractivity contribution in [1.29, 1.82) is 0 Å². The van der Waals surface area contributed by atoms with Crippen molar-refractivity contribution in [3.8, 4) is 0 Å². The molecule has 1 fully saturated rings. The van der Waals surface area contributed by atoms with Gasteiger partial charge in [-0.1, -0.05) is 56.9 Å². The van der Waals surface area contributed by atoms with Gasteiger partial charge >= 0.3 is 7.82 Å². The molecule has 8 heteroatoms. The Labute approximate surface area is 174 Å². The molecule has 0 radical (unpaired) electrons. The second kappa shape index (κ2) is 13.1. The largest absolute Gasteiger partial charge is 0.469 e. The van der Waals surface area contributed by atoms with Crippen molar-refractivity contribution in [2.24, 2.45) is 0 Å². The summed E-state index contributed by atoms with van der Waals surface area (Å²) >= 11 is 0. The summed E-state index contributed by atoms with van der Waals surface area (Å²) in [5.74, 6) is 0.0624. The maximum atomic E-state index is 12.2. The number of carbonyl (C=O) groups excluding carboxylic acids is 1. The number of likely N-dealkylation sites (tertiary alicyclic amines) is 1. The molecule has 1 saturated heterocycles. The highest BCUT2D eigenvalue weighted by atomic mass is 31.2. The average molecular weight is 429 g/mol. The molecule has 0 spiro atoms. The van der Waals surface area contributed by atoms with Crippen molar-refractivity contribution in [3.63, 3.8) is 0 Å². The topological polar surface area (TPSA) is 122 Å². The molecule has 1 atom stereocenters. The van der Waals surface area contributed by atoms with Crippen LogP contribution < -0.4 is 6.15 Å². The van der Waals surface area contributed by atoms with Gasteiger partial charge in [0, 0.05) is 19.5 Å². The molecule has 0 aliphatic carbocycles. The second-order valence-corrected chi connectivity index (χ2v) is 8.83. The zero-order valence-corrected chi connectivity index (χ0v) is 18.5. The fraction of sp³-hybridized carbons (Fsp3) is 0.667. The summed E-state index contributed by atoms with van der Waals surface area (Å²) < 4.78 is 15.5. The summed E-state index contributed by atoms with van der Waals surface area (Å²) in [5, 5.41) is 0. The number of amides is 1. The summed E-state index contributed by atoms with van der Waals surface area (Å²) in [4.78, 5) is 31.5. The number of hydrogen-bond acceptors (Lipinski definition) is 4. The first-order valence-electron chi connectivity index (χ1n) is 10.5. The molecule has 1 aliphatic heterocycles. The predicted molar refractivity (Wildman–Crippen MR) is 115 cm³/mol. The first-order chi connectivity index (χ1) is 13.4. The maximum absolute atomic E-state index is 12.2. The van der Waals surface area contributed by atoms with Crippen molar-refractivity contribution in [2.45, 2.75) is 77.2 Å². The van der Waals surface area contributed by atoms with Gasteiger partial charge in [0.25, 0.3) is 0 Å². The Bertz CT molecular complexity index is 647. The lowest BCUT2D eigenvalue weighted by Gasteiger charge is -2.16. The maximum Gasteiger partial charge on any atom is 0.469 e. The highest BCUT2D eigenvalue weighted by Gasteiger charge is 2.31.